The molecule has 1 aromatic heterocycles. The first-order valence-electron chi connectivity index (χ1n) is 9.13. The molecule has 4 rings (SSSR count). The maximum absolute atomic E-state index is 14.5. The number of amides is 1. The number of fused-ring (bicyclic) bond motifs is 4. The molecule has 0 N–H and O–H groups in total. The van der Waals surface area contributed by atoms with Gasteiger partial charge in [0.15, 0.2) is 0 Å². The minimum atomic E-state index is -1.03. The zero-order valence-corrected chi connectivity index (χ0v) is 15.0. The molecule has 1 aliphatic carbocycles. The first kappa shape index (κ1) is 16.8. The standard InChI is InChI=1S/C19H22FN3OS/c20-19(5-1-2-6-19)7-3-4-17(24)23-12-14-8-16(23)15-11-22-10-13(9-21)18(15)25-14/h10-11,14,16H,1-8,12H2/t14-,16-/m0/s1. The molecule has 1 aromatic rings. The van der Waals surface area contributed by atoms with Gasteiger partial charge in [-0.25, -0.2) is 4.39 Å². The van der Waals surface area contributed by atoms with Gasteiger partial charge < -0.3 is 4.90 Å². The lowest BCUT2D eigenvalue weighted by atomic mass is 9.96. The van der Waals surface area contributed by atoms with E-state index in [4.69, 9.17) is 0 Å². The van der Waals surface area contributed by atoms with Crippen LogP contribution in [0.1, 0.15) is 68.5 Å². The number of hydrogen-bond acceptors (Lipinski definition) is 4. The molecule has 2 atom stereocenters. The van der Waals surface area contributed by atoms with Crippen LogP contribution in [0, 0.1) is 11.3 Å². The Bertz CT molecular complexity index is 726. The molecule has 0 aromatic carbocycles. The fourth-order valence-corrected chi connectivity index (χ4v) is 5.89. The molecule has 1 saturated heterocycles. The lowest BCUT2D eigenvalue weighted by molar-refractivity contribution is -0.132. The lowest BCUT2D eigenvalue weighted by Crippen LogP contribution is -2.31. The van der Waals surface area contributed by atoms with Crippen LogP contribution >= 0.6 is 11.8 Å². The van der Waals surface area contributed by atoms with Gasteiger partial charge in [0, 0.05) is 41.1 Å². The largest absolute Gasteiger partial charge is 0.334 e. The Balaban J connectivity index is 1.43. The van der Waals surface area contributed by atoms with E-state index in [-0.39, 0.29) is 11.9 Å². The van der Waals surface area contributed by atoms with E-state index in [2.05, 4.69) is 11.1 Å². The Labute approximate surface area is 151 Å². The minimum Gasteiger partial charge on any atom is -0.334 e. The number of nitrogens with zero attached hydrogens (tertiary/aromatic N) is 3. The van der Waals surface area contributed by atoms with Crippen molar-refractivity contribution in [2.75, 3.05) is 6.54 Å². The van der Waals surface area contributed by atoms with E-state index in [1.165, 1.54) is 0 Å². The third-order valence-corrected chi connectivity index (χ3v) is 7.15. The molecule has 2 bridgehead atoms. The number of carbonyl (C=O) groups is 1. The molecular formula is C19H22FN3OS. The Hall–Kier alpha value is -1.61. The van der Waals surface area contributed by atoms with Gasteiger partial charge in [-0.3, -0.25) is 9.78 Å². The van der Waals surface area contributed by atoms with Crippen molar-refractivity contribution in [3.05, 3.63) is 23.5 Å². The number of carbonyl (C=O) groups excluding carboxylic acids is 1. The molecular weight excluding hydrogens is 337 g/mol. The van der Waals surface area contributed by atoms with Crippen LogP contribution < -0.4 is 0 Å². The van der Waals surface area contributed by atoms with Gasteiger partial charge in [-0.15, -0.1) is 11.8 Å². The van der Waals surface area contributed by atoms with Gasteiger partial charge in [-0.1, -0.05) is 12.8 Å². The maximum Gasteiger partial charge on any atom is 0.223 e. The number of halogens is 1. The Kier molecular flexibility index (Phi) is 4.45. The van der Waals surface area contributed by atoms with Crippen LogP contribution in [0.2, 0.25) is 0 Å². The van der Waals surface area contributed by atoms with Gasteiger partial charge in [-0.05, 0) is 32.1 Å². The van der Waals surface area contributed by atoms with Gasteiger partial charge in [0.05, 0.1) is 11.6 Å². The predicted octanol–water partition coefficient (Wildman–Crippen LogP) is 4.15. The van der Waals surface area contributed by atoms with E-state index in [0.29, 0.717) is 49.5 Å². The second kappa shape index (κ2) is 6.60. The molecule has 2 aliphatic heterocycles. The van der Waals surface area contributed by atoms with E-state index in [0.717, 1.165) is 29.7 Å². The zero-order valence-electron chi connectivity index (χ0n) is 14.2. The fourth-order valence-electron chi connectivity index (χ4n) is 4.49. The summed E-state index contributed by atoms with van der Waals surface area (Å²) in [7, 11) is 0. The van der Waals surface area contributed by atoms with Crippen LogP contribution in [-0.4, -0.2) is 33.3 Å². The normalized spacial score (nSPS) is 26.3. The second-order valence-electron chi connectivity index (χ2n) is 7.47. The van der Waals surface area contributed by atoms with Crippen molar-refractivity contribution in [3.63, 3.8) is 0 Å². The van der Waals surface area contributed by atoms with Crippen molar-refractivity contribution >= 4 is 17.7 Å². The number of aromatic nitrogens is 1. The molecule has 132 valence electrons. The van der Waals surface area contributed by atoms with Crippen molar-refractivity contribution in [2.45, 2.75) is 73.2 Å². The zero-order chi connectivity index (χ0) is 17.4. The van der Waals surface area contributed by atoms with Crippen molar-refractivity contribution in [3.8, 4) is 6.07 Å². The first-order valence-corrected chi connectivity index (χ1v) is 10.0. The quantitative estimate of drug-likeness (QED) is 0.810. The topological polar surface area (TPSA) is 57.0 Å². The monoisotopic (exact) mass is 359 g/mol. The van der Waals surface area contributed by atoms with Crippen LogP contribution in [-0.2, 0) is 4.79 Å². The van der Waals surface area contributed by atoms with Crippen LogP contribution in [0.4, 0.5) is 4.39 Å². The van der Waals surface area contributed by atoms with E-state index in [1.807, 2.05) is 4.90 Å². The van der Waals surface area contributed by atoms with Gasteiger partial charge in [0.1, 0.15) is 11.7 Å². The SMILES string of the molecule is N#Cc1cncc2c1S[C@H]1C[C@@H]2N(C(=O)CCCC2(F)CCCC2)C1. The third kappa shape index (κ3) is 3.15. The highest BCUT2D eigenvalue weighted by Crippen LogP contribution is 2.49. The molecule has 0 spiro atoms. The number of rotatable bonds is 4. The molecule has 3 aliphatic rings. The second-order valence-corrected chi connectivity index (χ2v) is 8.78. The summed E-state index contributed by atoms with van der Waals surface area (Å²) in [5.41, 5.74) is 0.575. The Morgan fingerprint density at radius 3 is 3.00 bits per heavy atom. The molecule has 2 fully saturated rings. The molecule has 1 saturated carbocycles. The van der Waals surface area contributed by atoms with E-state index < -0.39 is 5.67 Å². The van der Waals surface area contributed by atoms with Gasteiger partial charge in [0.25, 0.3) is 0 Å². The number of thioether (sulfide) groups is 1. The number of hydrogen-bond donors (Lipinski definition) is 0. The average molecular weight is 359 g/mol. The lowest BCUT2D eigenvalue weighted by Gasteiger charge is -2.27. The smallest absolute Gasteiger partial charge is 0.223 e. The number of pyridine rings is 1. The predicted molar refractivity (Wildman–Crippen MR) is 93.8 cm³/mol. The van der Waals surface area contributed by atoms with Crippen molar-refractivity contribution in [1.29, 1.82) is 5.26 Å². The Morgan fingerprint density at radius 2 is 2.24 bits per heavy atom. The Morgan fingerprint density at radius 1 is 1.44 bits per heavy atom. The fraction of sp³-hybridized carbons (Fsp3) is 0.632. The summed E-state index contributed by atoms with van der Waals surface area (Å²) in [4.78, 5) is 19.8. The highest BCUT2D eigenvalue weighted by atomic mass is 32.2. The summed E-state index contributed by atoms with van der Waals surface area (Å²) in [6.07, 6.45) is 9.13. The molecule has 4 nitrogen and oxygen atoms in total. The highest BCUT2D eigenvalue weighted by molar-refractivity contribution is 8.00. The third-order valence-electron chi connectivity index (χ3n) is 5.79. The summed E-state index contributed by atoms with van der Waals surface area (Å²) in [5.74, 6) is 0.116. The van der Waals surface area contributed by atoms with E-state index >= 15 is 0 Å². The minimum absolute atomic E-state index is 0.0281. The summed E-state index contributed by atoms with van der Waals surface area (Å²) in [5, 5.41) is 9.63. The molecule has 25 heavy (non-hydrogen) atoms. The molecule has 3 heterocycles. The van der Waals surface area contributed by atoms with Crippen LogP contribution in [0.3, 0.4) is 0 Å². The van der Waals surface area contributed by atoms with Crippen LogP contribution in [0.15, 0.2) is 17.3 Å². The molecule has 6 heteroatoms. The number of alkyl halides is 1. The maximum atomic E-state index is 14.5. The molecule has 1 amide bonds. The van der Waals surface area contributed by atoms with Crippen molar-refractivity contribution < 1.29 is 9.18 Å². The molecule has 0 radical (unpaired) electrons. The summed E-state index contributed by atoms with van der Waals surface area (Å²) < 4.78 is 14.5. The van der Waals surface area contributed by atoms with Gasteiger partial charge in [0.2, 0.25) is 5.91 Å². The van der Waals surface area contributed by atoms with Crippen LogP contribution in [0.5, 0.6) is 0 Å². The van der Waals surface area contributed by atoms with E-state index in [1.54, 1.807) is 24.2 Å². The van der Waals surface area contributed by atoms with Crippen molar-refractivity contribution in [1.82, 2.24) is 9.88 Å². The van der Waals surface area contributed by atoms with Crippen LogP contribution in [0.25, 0.3) is 0 Å². The number of nitriles is 1. The average Bonchev–Trinajstić information content (AvgIpc) is 3.19. The highest BCUT2D eigenvalue weighted by Gasteiger charge is 2.42. The summed E-state index contributed by atoms with van der Waals surface area (Å²) >= 11 is 1.70. The van der Waals surface area contributed by atoms with Gasteiger partial charge >= 0.3 is 0 Å². The van der Waals surface area contributed by atoms with Crippen molar-refractivity contribution in [2.24, 2.45) is 0 Å². The first-order chi connectivity index (χ1) is 12.1. The summed E-state index contributed by atoms with van der Waals surface area (Å²) in [6, 6.07) is 2.24. The van der Waals surface area contributed by atoms with Gasteiger partial charge in [-0.2, -0.15) is 5.26 Å². The number of likely N-dealkylation sites (tertiary alicyclic amines) is 1. The summed E-state index contributed by atoms with van der Waals surface area (Å²) in [6.45, 7) is 0.717. The van der Waals surface area contributed by atoms with E-state index in [9.17, 15) is 14.4 Å². The molecule has 0 unspecified atom stereocenters.